The van der Waals surface area contributed by atoms with Crippen LogP contribution in [0.1, 0.15) is 26.6 Å². The summed E-state index contributed by atoms with van der Waals surface area (Å²) in [5.41, 5.74) is 5.83. The van der Waals surface area contributed by atoms with E-state index >= 15 is 0 Å². The summed E-state index contributed by atoms with van der Waals surface area (Å²) in [4.78, 5) is 6.27. The molecule has 0 saturated carbocycles. The van der Waals surface area contributed by atoms with Crippen LogP contribution in [-0.4, -0.2) is 34.7 Å². The van der Waals surface area contributed by atoms with Gasteiger partial charge in [-0.1, -0.05) is 25.9 Å². The number of hydrogen-bond donors (Lipinski definition) is 1. The van der Waals surface area contributed by atoms with Crippen LogP contribution in [0.4, 0.5) is 0 Å². The van der Waals surface area contributed by atoms with Gasteiger partial charge in [0.2, 0.25) is 6.39 Å². The van der Waals surface area contributed by atoms with Crippen LogP contribution in [0.15, 0.2) is 10.9 Å². The Morgan fingerprint density at radius 2 is 2.27 bits per heavy atom. The third-order valence-electron chi connectivity index (χ3n) is 2.42. The average molecular weight is 212 g/mol. The number of nitrogens with zero attached hydrogens (tertiary/aromatic N) is 3. The summed E-state index contributed by atoms with van der Waals surface area (Å²) in [5, 5.41) is 3.80. The highest BCUT2D eigenvalue weighted by atomic mass is 16.5. The zero-order chi connectivity index (χ0) is 11.3. The molecule has 0 unspecified atom stereocenters. The van der Waals surface area contributed by atoms with Crippen LogP contribution in [0.5, 0.6) is 0 Å². The van der Waals surface area contributed by atoms with Gasteiger partial charge < -0.3 is 10.3 Å². The Bertz CT molecular complexity index is 271. The second-order valence-electron chi connectivity index (χ2n) is 4.52. The van der Waals surface area contributed by atoms with Gasteiger partial charge in [0.25, 0.3) is 0 Å². The fourth-order valence-corrected chi connectivity index (χ4v) is 1.41. The molecular formula is C10H20N4O. The van der Waals surface area contributed by atoms with Gasteiger partial charge in [-0.15, -0.1) is 0 Å². The second-order valence-corrected chi connectivity index (χ2v) is 4.52. The van der Waals surface area contributed by atoms with Crippen LogP contribution < -0.4 is 5.73 Å². The molecule has 1 aromatic heterocycles. The van der Waals surface area contributed by atoms with E-state index in [0.29, 0.717) is 6.54 Å². The summed E-state index contributed by atoms with van der Waals surface area (Å²) >= 11 is 0. The summed E-state index contributed by atoms with van der Waals surface area (Å²) in [6.45, 7) is 9.73. The lowest BCUT2D eigenvalue weighted by Gasteiger charge is -2.30. The van der Waals surface area contributed by atoms with Gasteiger partial charge in [0, 0.05) is 6.54 Å². The van der Waals surface area contributed by atoms with E-state index in [0.717, 1.165) is 25.5 Å². The average Bonchev–Trinajstić information content (AvgIpc) is 2.69. The van der Waals surface area contributed by atoms with Gasteiger partial charge in [0.1, 0.15) is 0 Å². The van der Waals surface area contributed by atoms with Gasteiger partial charge in [-0.2, -0.15) is 4.98 Å². The largest absolute Gasteiger partial charge is 0.343 e. The zero-order valence-corrected chi connectivity index (χ0v) is 9.73. The lowest BCUT2D eigenvalue weighted by molar-refractivity contribution is 0.178. The predicted molar refractivity (Wildman–Crippen MR) is 58.1 cm³/mol. The maximum Gasteiger partial charge on any atom is 0.213 e. The van der Waals surface area contributed by atoms with Crippen molar-refractivity contribution in [3.63, 3.8) is 0 Å². The minimum Gasteiger partial charge on any atom is -0.343 e. The fraction of sp³-hybridized carbons (Fsp3) is 0.800. The van der Waals surface area contributed by atoms with Crippen LogP contribution in [0.2, 0.25) is 0 Å². The highest BCUT2D eigenvalue weighted by Crippen LogP contribution is 2.15. The molecule has 0 aromatic carbocycles. The third-order valence-corrected chi connectivity index (χ3v) is 2.42. The van der Waals surface area contributed by atoms with Crippen molar-refractivity contribution < 1.29 is 4.52 Å². The van der Waals surface area contributed by atoms with Crippen molar-refractivity contribution in [2.24, 2.45) is 11.1 Å². The van der Waals surface area contributed by atoms with Crippen molar-refractivity contribution in [3.8, 4) is 0 Å². The molecule has 2 N–H and O–H groups in total. The molecule has 5 nitrogen and oxygen atoms in total. The van der Waals surface area contributed by atoms with E-state index in [2.05, 4.69) is 35.8 Å². The minimum atomic E-state index is 0.125. The lowest BCUT2D eigenvalue weighted by atomic mass is 9.93. The van der Waals surface area contributed by atoms with E-state index < -0.39 is 0 Å². The van der Waals surface area contributed by atoms with Crippen molar-refractivity contribution in [1.29, 1.82) is 0 Å². The maximum atomic E-state index is 5.71. The Kier molecular flexibility index (Phi) is 4.23. The Labute approximate surface area is 90.6 Å². The molecule has 0 atom stereocenters. The van der Waals surface area contributed by atoms with Crippen molar-refractivity contribution in [2.45, 2.75) is 27.3 Å². The monoisotopic (exact) mass is 212 g/mol. The van der Waals surface area contributed by atoms with Crippen LogP contribution in [-0.2, 0) is 6.54 Å². The molecule has 0 bridgehead atoms. The van der Waals surface area contributed by atoms with E-state index in [9.17, 15) is 0 Å². The Morgan fingerprint density at radius 1 is 1.53 bits per heavy atom. The first-order valence-electron chi connectivity index (χ1n) is 5.25. The van der Waals surface area contributed by atoms with Gasteiger partial charge >= 0.3 is 0 Å². The molecule has 0 saturated heterocycles. The maximum absolute atomic E-state index is 5.71. The second kappa shape index (κ2) is 5.23. The first-order valence-corrected chi connectivity index (χ1v) is 5.25. The standard InChI is InChI=1S/C10H20N4O/c1-4-14(7-10(2,3)6-11)5-9-12-8-15-13-9/h8H,4-7,11H2,1-3H3. The van der Waals surface area contributed by atoms with Crippen molar-refractivity contribution in [1.82, 2.24) is 15.0 Å². The summed E-state index contributed by atoms with van der Waals surface area (Å²) in [6.07, 6.45) is 1.36. The van der Waals surface area contributed by atoms with E-state index in [4.69, 9.17) is 10.3 Å². The molecule has 86 valence electrons. The topological polar surface area (TPSA) is 68.2 Å². The van der Waals surface area contributed by atoms with E-state index in [1.54, 1.807) is 0 Å². The number of nitrogens with two attached hydrogens (primary N) is 1. The lowest BCUT2D eigenvalue weighted by Crippen LogP contribution is -2.38. The summed E-state index contributed by atoms with van der Waals surface area (Å²) < 4.78 is 4.70. The molecular weight excluding hydrogens is 192 g/mol. The SMILES string of the molecule is CCN(Cc1ncon1)CC(C)(C)CN. The molecule has 1 aromatic rings. The Morgan fingerprint density at radius 3 is 2.73 bits per heavy atom. The van der Waals surface area contributed by atoms with Crippen LogP contribution in [0.3, 0.4) is 0 Å². The molecule has 5 heteroatoms. The third kappa shape index (κ3) is 3.97. The van der Waals surface area contributed by atoms with Crippen LogP contribution >= 0.6 is 0 Å². The van der Waals surface area contributed by atoms with Crippen LogP contribution in [0, 0.1) is 5.41 Å². The molecule has 0 amide bonds. The molecule has 0 aliphatic heterocycles. The zero-order valence-electron chi connectivity index (χ0n) is 9.73. The molecule has 1 rings (SSSR count). The quantitative estimate of drug-likeness (QED) is 0.758. The first kappa shape index (κ1) is 12.1. The van der Waals surface area contributed by atoms with Gasteiger partial charge in [-0.05, 0) is 18.5 Å². The van der Waals surface area contributed by atoms with Crippen molar-refractivity contribution >= 4 is 0 Å². The number of hydrogen-bond acceptors (Lipinski definition) is 5. The summed E-state index contributed by atoms with van der Waals surface area (Å²) in [6, 6.07) is 0. The molecule has 0 fully saturated rings. The molecule has 15 heavy (non-hydrogen) atoms. The van der Waals surface area contributed by atoms with E-state index in [1.165, 1.54) is 6.39 Å². The Balaban J connectivity index is 2.50. The van der Waals surface area contributed by atoms with Gasteiger partial charge in [-0.25, -0.2) is 0 Å². The van der Waals surface area contributed by atoms with Gasteiger partial charge in [0.05, 0.1) is 6.54 Å². The summed E-state index contributed by atoms with van der Waals surface area (Å²) in [5.74, 6) is 0.727. The minimum absolute atomic E-state index is 0.125. The predicted octanol–water partition coefficient (Wildman–Crippen LogP) is 0.876. The van der Waals surface area contributed by atoms with Crippen molar-refractivity contribution in [2.75, 3.05) is 19.6 Å². The fourth-order valence-electron chi connectivity index (χ4n) is 1.41. The number of aromatic nitrogens is 2. The van der Waals surface area contributed by atoms with E-state index in [-0.39, 0.29) is 5.41 Å². The molecule has 0 radical (unpaired) electrons. The highest BCUT2D eigenvalue weighted by Gasteiger charge is 2.20. The normalized spacial score (nSPS) is 12.3. The van der Waals surface area contributed by atoms with Crippen molar-refractivity contribution in [3.05, 3.63) is 12.2 Å². The molecule has 0 aliphatic rings. The number of rotatable bonds is 6. The molecule has 0 spiro atoms. The highest BCUT2D eigenvalue weighted by molar-refractivity contribution is 4.81. The van der Waals surface area contributed by atoms with Gasteiger partial charge in [0.15, 0.2) is 5.82 Å². The first-order chi connectivity index (χ1) is 7.07. The molecule has 1 heterocycles. The smallest absolute Gasteiger partial charge is 0.213 e. The van der Waals surface area contributed by atoms with Crippen LogP contribution in [0.25, 0.3) is 0 Å². The molecule has 0 aliphatic carbocycles. The Hall–Kier alpha value is -0.940. The summed E-state index contributed by atoms with van der Waals surface area (Å²) in [7, 11) is 0. The van der Waals surface area contributed by atoms with Gasteiger partial charge in [-0.3, -0.25) is 4.90 Å². The van der Waals surface area contributed by atoms with E-state index in [1.807, 2.05) is 0 Å².